The number of nitrogens with zero attached hydrogens (tertiary/aromatic N) is 2. The summed E-state index contributed by atoms with van der Waals surface area (Å²) in [5, 5.41) is 0.228. The summed E-state index contributed by atoms with van der Waals surface area (Å²) in [6.45, 7) is 1.51. The highest BCUT2D eigenvalue weighted by atomic mass is 19.4. The standard InChI is InChI=1S/C9H10F3N3O2/c1-2-17-8(16)15(13)7-6(9(10,11)12)4-3-5-14-7/h3-5H,2,13H2,1H3. The third-order valence-electron chi connectivity index (χ3n) is 1.78. The molecule has 0 spiro atoms. The number of hydrazine groups is 1. The zero-order valence-corrected chi connectivity index (χ0v) is 8.86. The van der Waals surface area contributed by atoms with Crippen LogP contribution in [0.2, 0.25) is 0 Å². The molecule has 1 aromatic heterocycles. The Kier molecular flexibility index (Phi) is 3.89. The minimum Gasteiger partial charge on any atom is -0.448 e. The summed E-state index contributed by atoms with van der Waals surface area (Å²) in [6.07, 6.45) is -4.64. The monoisotopic (exact) mass is 249 g/mol. The van der Waals surface area contributed by atoms with E-state index in [1.807, 2.05) is 0 Å². The number of hydrogen-bond donors (Lipinski definition) is 1. The number of ether oxygens (including phenoxy) is 1. The number of carbonyl (C=O) groups excluding carboxylic acids is 1. The minimum absolute atomic E-state index is 0.000712. The summed E-state index contributed by atoms with van der Waals surface area (Å²) in [5.74, 6) is 4.52. The van der Waals surface area contributed by atoms with Crippen molar-refractivity contribution in [2.24, 2.45) is 5.84 Å². The van der Waals surface area contributed by atoms with E-state index in [4.69, 9.17) is 5.84 Å². The van der Waals surface area contributed by atoms with Crippen LogP contribution in [0.5, 0.6) is 0 Å². The highest BCUT2D eigenvalue weighted by Gasteiger charge is 2.36. The molecule has 2 N–H and O–H groups in total. The maximum atomic E-state index is 12.6. The van der Waals surface area contributed by atoms with Gasteiger partial charge in [0.15, 0.2) is 5.82 Å². The molecule has 0 aliphatic rings. The fourth-order valence-electron chi connectivity index (χ4n) is 1.09. The van der Waals surface area contributed by atoms with Crippen LogP contribution in [-0.2, 0) is 10.9 Å². The van der Waals surface area contributed by atoms with Crippen LogP contribution in [0, 0.1) is 0 Å². The van der Waals surface area contributed by atoms with E-state index in [1.165, 1.54) is 6.92 Å². The molecule has 0 radical (unpaired) electrons. The zero-order chi connectivity index (χ0) is 13.1. The van der Waals surface area contributed by atoms with E-state index in [9.17, 15) is 18.0 Å². The topological polar surface area (TPSA) is 68.5 Å². The number of amides is 1. The second-order valence-electron chi connectivity index (χ2n) is 2.94. The number of alkyl halides is 3. The molecule has 0 bridgehead atoms. The van der Waals surface area contributed by atoms with E-state index in [2.05, 4.69) is 9.72 Å². The van der Waals surface area contributed by atoms with Crippen molar-refractivity contribution in [3.63, 3.8) is 0 Å². The largest absolute Gasteiger partial charge is 0.448 e. The maximum Gasteiger partial charge on any atom is 0.430 e. The fourth-order valence-corrected chi connectivity index (χ4v) is 1.09. The first-order valence-corrected chi connectivity index (χ1v) is 4.61. The lowest BCUT2D eigenvalue weighted by atomic mass is 10.2. The summed E-state index contributed by atoms with van der Waals surface area (Å²) in [6, 6.07) is 1.88. The lowest BCUT2D eigenvalue weighted by molar-refractivity contribution is -0.137. The number of anilines is 1. The molecule has 0 atom stereocenters. The third-order valence-corrected chi connectivity index (χ3v) is 1.78. The molecular weight excluding hydrogens is 239 g/mol. The van der Waals surface area contributed by atoms with Crippen molar-refractivity contribution in [2.45, 2.75) is 13.1 Å². The van der Waals surface area contributed by atoms with Crippen LogP contribution < -0.4 is 10.9 Å². The number of aromatic nitrogens is 1. The fraction of sp³-hybridized carbons (Fsp3) is 0.333. The third kappa shape index (κ3) is 3.06. The number of halogens is 3. The molecule has 0 aromatic carbocycles. The van der Waals surface area contributed by atoms with Crippen molar-refractivity contribution in [1.29, 1.82) is 0 Å². The van der Waals surface area contributed by atoms with Gasteiger partial charge in [-0.2, -0.15) is 18.2 Å². The number of nitrogens with two attached hydrogens (primary N) is 1. The molecule has 0 saturated heterocycles. The molecule has 0 aliphatic heterocycles. The number of carbonyl (C=O) groups is 1. The second-order valence-corrected chi connectivity index (χ2v) is 2.94. The van der Waals surface area contributed by atoms with Crippen molar-refractivity contribution in [1.82, 2.24) is 4.98 Å². The summed E-state index contributed by atoms with van der Waals surface area (Å²) in [5.41, 5.74) is -1.10. The summed E-state index contributed by atoms with van der Waals surface area (Å²) < 4.78 is 42.2. The Bertz CT molecular complexity index is 409. The Labute approximate surface area is 95.0 Å². The molecule has 1 aromatic rings. The summed E-state index contributed by atoms with van der Waals surface area (Å²) in [7, 11) is 0. The molecule has 94 valence electrons. The Morgan fingerprint density at radius 1 is 1.59 bits per heavy atom. The lowest BCUT2D eigenvalue weighted by Crippen LogP contribution is -2.40. The highest BCUT2D eigenvalue weighted by Crippen LogP contribution is 2.34. The summed E-state index contributed by atoms with van der Waals surface area (Å²) >= 11 is 0. The van der Waals surface area contributed by atoms with E-state index < -0.39 is 23.7 Å². The van der Waals surface area contributed by atoms with Crippen LogP contribution in [-0.4, -0.2) is 17.7 Å². The second kappa shape index (κ2) is 5.00. The normalized spacial score (nSPS) is 11.1. The van der Waals surface area contributed by atoms with Gasteiger partial charge in [0.2, 0.25) is 0 Å². The predicted molar refractivity (Wildman–Crippen MR) is 52.9 cm³/mol. The van der Waals surface area contributed by atoms with Crippen molar-refractivity contribution < 1.29 is 22.7 Å². The van der Waals surface area contributed by atoms with Gasteiger partial charge in [0.05, 0.1) is 12.2 Å². The average Bonchev–Trinajstić information content (AvgIpc) is 2.27. The molecule has 1 heterocycles. The van der Waals surface area contributed by atoms with Gasteiger partial charge >= 0.3 is 12.3 Å². The van der Waals surface area contributed by atoms with Crippen LogP contribution in [0.4, 0.5) is 23.8 Å². The van der Waals surface area contributed by atoms with E-state index in [-0.39, 0.29) is 11.6 Å². The number of rotatable bonds is 2. The first-order valence-electron chi connectivity index (χ1n) is 4.61. The van der Waals surface area contributed by atoms with Gasteiger partial charge in [-0.15, -0.1) is 0 Å². The summed E-state index contributed by atoms with van der Waals surface area (Å²) in [4.78, 5) is 14.6. The van der Waals surface area contributed by atoms with Crippen molar-refractivity contribution >= 4 is 11.9 Å². The molecule has 0 fully saturated rings. The van der Waals surface area contributed by atoms with Crippen molar-refractivity contribution in [3.8, 4) is 0 Å². The Hall–Kier alpha value is -1.83. The van der Waals surface area contributed by atoms with Crippen molar-refractivity contribution in [3.05, 3.63) is 23.9 Å². The Morgan fingerprint density at radius 2 is 2.24 bits per heavy atom. The molecule has 8 heteroatoms. The van der Waals surface area contributed by atoms with Crippen LogP contribution in [0.15, 0.2) is 18.3 Å². The molecule has 1 amide bonds. The first kappa shape index (κ1) is 13.2. The molecule has 1 rings (SSSR count). The number of pyridine rings is 1. The maximum absolute atomic E-state index is 12.6. The molecule has 0 unspecified atom stereocenters. The van der Waals surface area contributed by atoms with Crippen molar-refractivity contribution in [2.75, 3.05) is 11.6 Å². The van der Waals surface area contributed by atoms with Gasteiger partial charge in [-0.05, 0) is 19.1 Å². The zero-order valence-electron chi connectivity index (χ0n) is 8.86. The molecular formula is C9H10F3N3O2. The van der Waals surface area contributed by atoms with Gasteiger partial charge in [-0.3, -0.25) is 0 Å². The first-order chi connectivity index (χ1) is 7.88. The quantitative estimate of drug-likeness (QED) is 0.494. The smallest absolute Gasteiger partial charge is 0.430 e. The molecule has 5 nitrogen and oxygen atoms in total. The Morgan fingerprint density at radius 3 is 2.76 bits per heavy atom. The van der Waals surface area contributed by atoms with E-state index in [0.29, 0.717) is 0 Å². The van der Waals surface area contributed by atoms with Gasteiger partial charge in [0.25, 0.3) is 0 Å². The van der Waals surface area contributed by atoms with Gasteiger partial charge in [-0.1, -0.05) is 0 Å². The van der Waals surface area contributed by atoms with E-state index in [0.717, 1.165) is 18.3 Å². The van der Waals surface area contributed by atoms with Crippen LogP contribution in [0.25, 0.3) is 0 Å². The van der Waals surface area contributed by atoms with E-state index >= 15 is 0 Å². The van der Waals surface area contributed by atoms with Gasteiger partial charge in [0, 0.05) is 6.20 Å². The lowest BCUT2D eigenvalue weighted by Gasteiger charge is -2.18. The van der Waals surface area contributed by atoms with Gasteiger partial charge in [-0.25, -0.2) is 15.6 Å². The average molecular weight is 249 g/mol. The highest BCUT2D eigenvalue weighted by molar-refractivity contribution is 5.85. The van der Waals surface area contributed by atoms with Crippen LogP contribution in [0.3, 0.4) is 0 Å². The van der Waals surface area contributed by atoms with Gasteiger partial charge < -0.3 is 4.74 Å². The van der Waals surface area contributed by atoms with E-state index in [1.54, 1.807) is 0 Å². The van der Waals surface area contributed by atoms with Crippen LogP contribution in [0.1, 0.15) is 12.5 Å². The SMILES string of the molecule is CCOC(=O)N(N)c1ncccc1C(F)(F)F. The number of hydrogen-bond acceptors (Lipinski definition) is 4. The molecule has 0 saturated carbocycles. The minimum atomic E-state index is -4.65. The van der Waals surface area contributed by atoms with Gasteiger partial charge in [0.1, 0.15) is 0 Å². The molecule has 17 heavy (non-hydrogen) atoms. The Balaban J connectivity index is 3.09. The van der Waals surface area contributed by atoms with Crippen LogP contribution >= 0.6 is 0 Å². The predicted octanol–water partition coefficient (Wildman–Crippen LogP) is 1.94. The molecule has 0 aliphatic carbocycles.